The summed E-state index contributed by atoms with van der Waals surface area (Å²) in [5.74, 6) is 0. The largest absolute Gasteiger partial charge is 0.330 e. The van der Waals surface area contributed by atoms with E-state index in [1.54, 1.807) is 0 Å². The van der Waals surface area contributed by atoms with Crippen LogP contribution in [-0.2, 0) is 0 Å². The van der Waals surface area contributed by atoms with Gasteiger partial charge >= 0.3 is 0 Å². The Balaban J connectivity index is 0. The first kappa shape index (κ1) is 19.2. The zero-order chi connectivity index (χ0) is 11.9. The van der Waals surface area contributed by atoms with Crippen LogP contribution >= 0.6 is 0 Å². The molecule has 0 aliphatic rings. The van der Waals surface area contributed by atoms with E-state index in [1.165, 1.54) is 83.5 Å². The molecule has 0 aliphatic heterocycles. The molecule has 0 fully saturated rings. The van der Waals surface area contributed by atoms with Crippen molar-refractivity contribution >= 4 is 0 Å². The standard InChI is InChI=1S/C15H33N.FH/c1-2-3-4-5-6-7-8-9-10-11-12-13-14-15-16;/h2-16H2,1H3;1H. The summed E-state index contributed by atoms with van der Waals surface area (Å²) in [6.45, 7) is 3.16. The highest BCUT2D eigenvalue weighted by atomic mass is 19.0. The molecule has 0 radical (unpaired) electrons. The Hall–Kier alpha value is -0.110. The van der Waals surface area contributed by atoms with Crippen molar-refractivity contribution in [3.63, 3.8) is 0 Å². The fourth-order valence-corrected chi connectivity index (χ4v) is 2.16. The minimum absolute atomic E-state index is 0. The molecule has 0 aromatic carbocycles. The van der Waals surface area contributed by atoms with Crippen LogP contribution in [0.3, 0.4) is 0 Å². The summed E-state index contributed by atoms with van der Waals surface area (Å²) in [4.78, 5) is 0. The summed E-state index contributed by atoms with van der Waals surface area (Å²) < 4.78 is 0. The molecular formula is C15H34FN. The summed E-state index contributed by atoms with van der Waals surface area (Å²) in [5, 5.41) is 0. The van der Waals surface area contributed by atoms with Gasteiger partial charge in [-0.3, -0.25) is 4.70 Å². The summed E-state index contributed by atoms with van der Waals surface area (Å²) in [5.41, 5.74) is 5.46. The van der Waals surface area contributed by atoms with E-state index in [1.807, 2.05) is 0 Å². The number of unbranched alkanes of at least 4 members (excludes halogenated alkanes) is 12. The second-order valence-electron chi connectivity index (χ2n) is 5.03. The van der Waals surface area contributed by atoms with E-state index >= 15 is 0 Å². The molecule has 106 valence electrons. The van der Waals surface area contributed by atoms with Crippen LogP contribution in [0.1, 0.15) is 90.4 Å². The van der Waals surface area contributed by atoms with Crippen LogP contribution in [-0.4, -0.2) is 6.54 Å². The van der Waals surface area contributed by atoms with Crippen LogP contribution in [0.5, 0.6) is 0 Å². The minimum Gasteiger partial charge on any atom is -0.330 e. The Morgan fingerprint density at radius 3 is 1.12 bits per heavy atom. The van der Waals surface area contributed by atoms with Crippen LogP contribution < -0.4 is 5.73 Å². The van der Waals surface area contributed by atoms with Crippen molar-refractivity contribution in [2.24, 2.45) is 5.73 Å². The molecular weight excluding hydrogens is 213 g/mol. The highest BCUT2D eigenvalue weighted by Gasteiger charge is 1.92. The SMILES string of the molecule is CCCCCCCCCCCCCCCN.F. The lowest BCUT2D eigenvalue weighted by Crippen LogP contribution is -1.97. The summed E-state index contributed by atoms with van der Waals surface area (Å²) in [7, 11) is 0. The van der Waals surface area contributed by atoms with Crippen LogP contribution in [0.2, 0.25) is 0 Å². The molecule has 0 aliphatic carbocycles. The smallest absolute Gasteiger partial charge is 0.00773 e. The number of halogens is 1. The van der Waals surface area contributed by atoms with E-state index in [2.05, 4.69) is 6.92 Å². The summed E-state index contributed by atoms with van der Waals surface area (Å²) in [6, 6.07) is 0. The van der Waals surface area contributed by atoms with Crippen LogP contribution in [0, 0.1) is 0 Å². The topological polar surface area (TPSA) is 26.0 Å². The number of nitrogens with two attached hydrogens (primary N) is 1. The van der Waals surface area contributed by atoms with Gasteiger partial charge in [-0.1, -0.05) is 84.0 Å². The van der Waals surface area contributed by atoms with Gasteiger partial charge < -0.3 is 5.73 Å². The molecule has 0 bridgehead atoms. The van der Waals surface area contributed by atoms with Gasteiger partial charge in [0.15, 0.2) is 0 Å². The van der Waals surface area contributed by atoms with Gasteiger partial charge in [0.2, 0.25) is 0 Å². The molecule has 17 heavy (non-hydrogen) atoms. The van der Waals surface area contributed by atoms with Crippen molar-refractivity contribution in [2.75, 3.05) is 6.54 Å². The van der Waals surface area contributed by atoms with E-state index in [9.17, 15) is 0 Å². The van der Waals surface area contributed by atoms with Gasteiger partial charge in [0.25, 0.3) is 0 Å². The molecule has 0 amide bonds. The van der Waals surface area contributed by atoms with E-state index in [0.29, 0.717) is 0 Å². The molecule has 0 saturated carbocycles. The Bertz CT molecular complexity index is 103. The van der Waals surface area contributed by atoms with Crippen LogP contribution in [0.25, 0.3) is 0 Å². The Morgan fingerprint density at radius 2 is 0.824 bits per heavy atom. The first-order valence-electron chi connectivity index (χ1n) is 7.62. The lowest BCUT2D eigenvalue weighted by atomic mass is 10.0. The molecule has 0 rings (SSSR count). The number of hydrogen-bond donors (Lipinski definition) is 1. The average Bonchev–Trinajstić information content (AvgIpc) is 2.31. The van der Waals surface area contributed by atoms with Gasteiger partial charge in [0.1, 0.15) is 0 Å². The van der Waals surface area contributed by atoms with Gasteiger partial charge in [-0.05, 0) is 13.0 Å². The van der Waals surface area contributed by atoms with Crippen molar-refractivity contribution in [1.29, 1.82) is 0 Å². The predicted molar refractivity (Wildman–Crippen MR) is 77.3 cm³/mol. The van der Waals surface area contributed by atoms with Gasteiger partial charge in [0.05, 0.1) is 0 Å². The van der Waals surface area contributed by atoms with Crippen LogP contribution in [0.4, 0.5) is 4.70 Å². The molecule has 0 unspecified atom stereocenters. The fraction of sp³-hybridized carbons (Fsp3) is 1.00. The quantitative estimate of drug-likeness (QED) is 0.445. The monoisotopic (exact) mass is 247 g/mol. The predicted octanol–water partition coefficient (Wildman–Crippen LogP) is 5.19. The normalized spacial score (nSPS) is 10.2. The van der Waals surface area contributed by atoms with E-state index in [4.69, 9.17) is 5.73 Å². The second-order valence-corrected chi connectivity index (χ2v) is 5.03. The summed E-state index contributed by atoms with van der Waals surface area (Å²) >= 11 is 0. The maximum Gasteiger partial charge on any atom is -0.00773 e. The van der Waals surface area contributed by atoms with E-state index < -0.39 is 0 Å². The zero-order valence-electron chi connectivity index (χ0n) is 11.9. The molecule has 0 atom stereocenters. The maximum absolute atomic E-state index is 5.46. The Labute approximate surface area is 108 Å². The van der Waals surface area contributed by atoms with Crippen molar-refractivity contribution in [1.82, 2.24) is 0 Å². The lowest BCUT2D eigenvalue weighted by molar-refractivity contribution is 0.540. The lowest BCUT2D eigenvalue weighted by Gasteiger charge is -2.02. The first-order valence-corrected chi connectivity index (χ1v) is 7.62. The van der Waals surface area contributed by atoms with Crippen molar-refractivity contribution < 1.29 is 4.70 Å². The molecule has 1 nitrogen and oxygen atoms in total. The summed E-state index contributed by atoms with van der Waals surface area (Å²) in [6.07, 6.45) is 18.4. The average molecular weight is 247 g/mol. The Morgan fingerprint density at radius 1 is 0.529 bits per heavy atom. The van der Waals surface area contributed by atoms with Gasteiger partial charge in [-0.15, -0.1) is 0 Å². The van der Waals surface area contributed by atoms with Gasteiger partial charge in [-0.2, -0.15) is 0 Å². The van der Waals surface area contributed by atoms with Gasteiger partial charge in [-0.25, -0.2) is 0 Å². The third-order valence-electron chi connectivity index (χ3n) is 3.31. The molecule has 0 heterocycles. The van der Waals surface area contributed by atoms with Gasteiger partial charge in [0, 0.05) is 0 Å². The van der Waals surface area contributed by atoms with E-state index in [-0.39, 0.29) is 4.70 Å². The van der Waals surface area contributed by atoms with Crippen molar-refractivity contribution in [2.45, 2.75) is 90.4 Å². The Kier molecular flexibility index (Phi) is 20.7. The third-order valence-corrected chi connectivity index (χ3v) is 3.31. The fourth-order valence-electron chi connectivity index (χ4n) is 2.16. The molecule has 2 heteroatoms. The molecule has 0 saturated heterocycles. The molecule has 0 spiro atoms. The highest BCUT2D eigenvalue weighted by Crippen LogP contribution is 2.12. The second kappa shape index (κ2) is 18.3. The van der Waals surface area contributed by atoms with Crippen molar-refractivity contribution in [3.8, 4) is 0 Å². The minimum atomic E-state index is 0. The highest BCUT2D eigenvalue weighted by molar-refractivity contribution is 4.48. The van der Waals surface area contributed by atoms with E-state index in [0.717, 1.165) is 6.54 Å². The maximum atomic E-state index is 5.46. The first-order chi connectivity index (χ1) is 7.91. The molecule has 0 aromatic rings. The van der Waals surface area contributed by atoms with Crippen LogP contribution in [0.15, 0.2) is 0 Å². The molecule has 0 aromatic heterocycles. The molecule has 2 N–H and O–H groups in total. The number of rotatable bonds is 13. The number of hydrogen-bond acceptors (Lipinski definition) is 1. The third kappa shape index (κ3) is 18.5. The van der Waals surface area contributed by atoms with Crippen molar-refractivity contribution in [3.05, 3.63) is 0 Å². The zero-order valence-corrected chi connectivity index (χ0v) is 11.9.